The Morgan fingerprint density at radius 2 is 1.81 bits per heavy atom. The molecule has 9 heteroatoms. The number of pyridine rings is 1. The SMILES string of the molecule is NS(=O)(=O)c1ccc(CCNC(=O)c2cc(-c3ccncc3)n[nH]2)cc1. The van der Waals surface area contributed by atoms with Crippen LogP contribution in [0.15, 0.2) is 59.8 Å². The van der Waals surface area contributed by atoms with Crippen LogP contribution in [0.1, 0.15) is 16.1 Å². The lowest BCUT2D eigenvalue weighted by Gasteiger charge is -2.05. The molecule has 0 aliphatic heterocycles. The minimum atomic E-state index is -3.69. The monoisotopic (exact) mass is 371 g/mol. The highest BCUT2D eigenvalue weighted by Crippen LogP contribution is 2.16. The van der Waals surface area contributed by atoms with Gasteiger partial charge in [-0.25, -0.2) is 13.6 Å². The molecule has 2 heterocycles. The highest BCUT2D eigenvalue weighted by atomic mass is 32.2. The van der Waals surface area contributed by atoms with Gasteiger partial charge >= 0.3 is 0 Å². The average Bonchev–Trinajstić information content (AvgIpc) is 3.12. The van der Waals surface area contributed by atoms with Gasteiger partial charge in [0.15, 0.2) is 0 Å². The largest absolute Gasteiger partial charge is 0.350 e. The second-order valence-electron chi connectivity index (χ2n) is 5.60. The number of carbonyl (C=O) groups excluding carboxylic acids is 1. The second kappa shape index (κ2) is 7.46. The van der Waals surface area contributed by atoms with Crippen molar-refractivity contribution in [1.82, 2.24) is 20.5 Å². The van der Waals surface area contributed by atoms with E-state index in [0.29, 0.717) is 24.4 Å². The zero-order chi connectivity index (χ0) is 18.6. The smallest absolute Gasteiger partial charge is 0.269 e. The molecule has 8 nitrogen and oxygen atoms in total. The zero-order valence-corrected chi connectivity index (χ0v) is 14.5. The van der Waals surface area contributed by atoms with E-state index in [1.807, 2.05) is 12.1 Å². The topological polar surface area (TPSA) is 131 Å². The van der Waals surface area contributed by atoms with Crippen LogP contribution in [-0.4, -0.2) is 36.1 Å². The molecule has 0 aliphatic carbocycles. The molecule has 0 radical (unpaired) electrons. The van der Waals surface area contributed by atoms with Crippen LogP contribution in [0.2, 0.25) is 0 Å². The van der Waals surface area contributed by atoms with Gasteiger partial charge in [-0.3, -0.25) is 14.9 Å². The number of aromatic amines is 1. The highest BCUT2D eigenvalue weighted by molar-refractivity contribution is 7.89. The van der Waals surface area contributed by atoms with E-state index in [-0.39, 0.29) is 10.8 Å². The van der Waals surface area contributed by atoms with Crippen molar-refractivity contribution in [2.75, 3.05) is 6.54 Å². The second-order valence-corrected chi connectivity index (χ2v) is 7.16. The van der Waals surface area contributed by atoms with Crippen LogP contribution in [0.5, 0.6) is 0 Å². The lowest BCUT2D eigenvalue weighted by atomic mass is 10.1. The average molecular weight is 371 g/mol. The number of aromatic nitrogens is 3. The minimum Gasteiger partial charge on any atom is -0.350 e. The molecule has 0 bridgehead atoms. The van der Waals surface area contributed by atoms with Crippen LogP contribution in [-0.2, 0) is 16.4 Å². The maximum Gasteiger partial charge on any atom is 0.269 e. The molecule has 0 atom stereocenters. The van der Waals surface area contributed by atoms with E-state index in [1.54, 1.807) is 30.6 Å². The normalized spacial score (nSPS) is 11.3. The number of rotatable bonds is 6. The number of hydrogen-bond donors (Lipinski definition) is 3. The quantitative estimate of drug-likeness (QED) is 0.597. The molecule has 26 heavy (non-hydrogen) atoms. The van der Waals surface area contributed by atoms with Gasteiger partial charge < -0.3 is 5.32 Å². The summed E-state index contributed by atoms with van der Waals surface area (Å²) in [6, 6.07) is 11.5. The van der Waals surface area contributed by atoms with Crippen LogP contribution in [0.3, 0.4) is 0 Å². The third-order valence-corrected chi connectivity index (χ3v) is 4.68. The first kappa shape index (κ1) is 17.8. The van der Waals surface area contributed by atoms with Crippen LogP contribution >= 0.6 is 0 Å². The lowest BCUT2D eigenvalue weighted by Crippen LogP contribution is -2.26. The Kier molecular flexibility index (Phi) is 5.10. The molecule has 3 aromatic rings. The molecule has 0 unspecified atom stereocenters. The maximum absolute atomic E-state index is 12.2. The predicted molar refractivity (Wildman–Crippen MR) is 95.7 cm³/mol. The molecule has 0 saturated heterocycles. The minimum absolute atomic E-state index is 0.0615. The number of benzene rings is 1. The van der Waals surface area contributed by atoms with Gasteiger partial charge in [0.2, 0.25) is 10.0 Å². The number of primary sulfonamides is 1. The molecule has 0 fully saturated rings. The van der Waals surface area contributed by atoms with Gasteiger partial charge in [0.05, 0.1) is 10.6 Å². The van der Waals surface area contributed by atoms with Gasteiger partial charge in [0.1, 0.15) is 5.69 Å². The van der Waals surface area contributed by atoms with Crippen molar-refractivity contribution in [3.8, 4) is 11.3 Å². The first-order valence-electron chi connectivity index (χ1n) is 7.79. The summed E-state index contributed by atoms with van der Waals surface area (Å²) in [5.41, 5.74) is 2.78. The van der Waals surface area contributed by atoms with E-state index in [1.165, 1.54) is 12.1 Å². The summed E-state index contributed by atoms with van der Waals surface area (Å²) in [6.07, 6.45) is 3.87. The molecule has 2 aromatic heterocycles. The number of nitrogens with zero attached hydrogens (tertiary/aromatic N) is 2. The predicted octanol–water partition coefficient (Wildman–Crippen LogP) is 1.09. The number of carbonyl (C=O) groups is 1. The number of amides is 1. The van der Waals surface area contributed by atoms with E-state index < -0.39 is 10.0 Å². The fourth-order valence-electron chi connectivity index (χ4n) is 2.37. The Labute approximate surface area is 150 Å². The molecule has 4 N–H and O–H groups in total. The fraction of sp³-hybridized carbons (Fsp3) is 0.118. The third kappa shape index (κ3) is 4.32. The van der Waals surface area contributed by atoms with E-state index in [4.69, 9.17) is 5.14 Å². The summed E-state index contributed by atoms with van der Waals surface area (Å²) in [5.74, 6) is -0.265. The van der Waals surface area contributed by atoms with Gasteiger partial charge in [-0.15, -0.1) is 0 Å². The Morgan fingerprint density at radius 1 is 1.12 bits per heavy atom. The van der Waals surface area contributed by atoms with E-state index in [0.717, 1.165) is 11.1 Å². The van der Waals surface area contributed by atoms with Crippen molar-refractivity contribution in [2.45, 2.75) is 11.3 Å². The number of hydrogen-bond acceptors (Lipinski definition) is 5. The summed E-state index contributed by atoms with van der Waals surface area (Å²) in [4.78, 5) is 16.2. The van der Waals surface area contributed by atoms with Gasteiger partial charge in [-0.1, -0.05) is 12.1 Å². The molecule has 3 rings (SSSR count). The molecule has 1 aromatic carbocycles. The molecule has 0 saturated carbocycles. The van der Waals surface area contributed by atoms with Crippen molar-refractivity contribution in [3.63, 3.8) is 0 Å². The maximum atomic E-state index is 12.2. The Morgan fingerprint density at radius 3 is 2.46 bits per heavy atom. The summed E-state index contributed by atoms with van der Waals surface area (Å²) in [5, 5.41) is 14.7. The molecule has 0 aliphatic rings. The van der Waals surface area contributed by atoms with E-state index >= 15 is 0 Å². The van der Waals surface area contributed by atoms with Crippen molar-refractivity contribution < 1.29 is 13.2 Å². The van der Waals surface area contributed by atoms with Crippen molar-refractivity contribution in [1.29, 1.82) is 0 Å². The summed E-state index contributed by atoms with van der Waals surface area (Å²) in [6.45, 7) is 0.400. The number of nitrogens with two attached hydrogens (primary N) is 1. The van der Waals surface area contributed by atoms with Crippen LogP contribution < -0.4 is 10.5 Å². The van der Waals surface area contributed by atoms with Gasteiger partial charge in [0.25, 0.3) is 5.91 Å². The zero-order valence-electron chi connectivity index (χ0n) is 13.7. The highest BCUT2D eigenvalue weighted by Gasteiger charge is 2.11. The Hall–Kier alpha value is -3.04. The summed E-state index contributed by atoms with van der Waals surface area (Å²) in [7, 11) is -3.69. The molecule has 0 spiro atoms. The number of sulfonamides is 1. The third-order valence-electron chi connectivity index (χ3n) is 3.75. The Balaban J connectivity index is 1.55. The van der Waals surface area contributed by atoms with Gasteiger partial charge in [-0.05, 0) is 42.3 Å². The standard InChI is InChI=1S/C17H17N5O3S/c18-26(24,25)14-3-1-12(2-4-14)5-10-20-17(23)16-11-15(21-22-16)13-6-8-19-9-7-13/h1-4,6-9,11H,5,10H2,(H,20,23)(H,21,22)(H2,18,24,25). The summed E-state index contributed by atoms with van der Waals surface area (Å²) >= 11 is 0. The van der Waals surface area contributed by atoms with Crippen molar-refractivity contribution in [2.24, 2.45) is 5.14 Å². The van der Waals surface area contributed by atoms with Crippen LogP contribution in [0.25, 0.3) is 11.3 Å². The van der Waals surface area contributed by atoms with Crippen molar-refractivity contribution >= 4 is 15.9 Å². The fourth-order valence-corrected chi connectivity index (χ4v) is 2.89. The van der Waals surface area contributed by atoms with E-state index in [2.05, 4.69) is 20.5 Å². The van der Waals surface area contributed by atoms with E-state index in [9.17, 15) is 13.2 Å². The van der Waals surface area contributed by atoms with Gasteiger partial charge in [-0.2, -0.15) is 5.10 Å². The summed E-state index contributed by atoms with van der Waals surface area (Å²) < 4.78 is 22.4. The molecular weight excluding hydrogens is 354 g/mol. The van der Waals surface area contributed by atoms with Crippen molar-refractivity contribution in [3.05, 3.63) is 66.1 Å². The molecule has 134 valence electrons. The first-order valence-corrected chi connectivity index (χ1v) is 9.34. The first-order chi connectivity index (χ1) is 12.4. The van der Waals surface area contributed by atoms with Crippen LogP contribution in [0.4, 0.5) is 0 Å². The number of nitrogens with one attached hydrogen (secondary N) is 2. The number of H-pyrrole nitrogens is 1. The Bertz CT molecular complexity index is 998. The molecular formula is C17H17N5O3S. The van der Waals surface area contributed by atoms with Gasteiger partial charge in [0, 0.05) is 24.5 Å². The molecule has 1 amide bonds. The lowest BCUT2D eigenvalue weighted by molar-refractivity contribution is 0.0949. The van der Waals surface area contributed by atoms with Crippen LogP contribution in [0, 0.1) is 0 Å².